The van der Waals surface area contributed by atoms with Crippen molar-refractivity contribution >= 4 is 28.3 Å². The number of hydrogen-bond donors (Lipinski definition) is 1. The predicted molar refractivity (Wildman–Crippen MR) is 100 cm³/mol. The van der Waals surface area contributed by atoms with Gasteiger partial charge in [-0.05, 0) is 42.0 Å². The fourth-order valence-corrected chi connectivity index (χ4v) is 2.45. The van der Waals surface area contributed by atoms with Crippen LogP contribution in [0.5, 0.6) is 5.75 Å². The molecule has 0 spiro atoms. The van der Waals surface area contributed by atoms with Crippen molar-refractivity contribution < 1.29 is 19.1 Å². The molecule has 0 saturated heterocycles. The SMILES string of the molecule is C[C@H](OC(=O)COc1ccccc1)C(=O)Nc1ccc2ccccc2c1. The number of carbonyl (C=O) groups excluding carboxylic acids is 2. The van der Waals surface area contributed by atoms with E-state index >= 15 is 0 Å². The molecule has 0 fully saturated rings. The van der Waals surface area contributed by atoms with E-state index < -0.39 is 18.0 Å². The zero-order valence-corrected chi connectivity index (χ0v) is 14.3. The molecule has 0 radical (unpaired) electrons. The number of esters is 1. The van der Waals surface area contributed by atoms with E-state index in [-0.39, 0.29) is 6.61 Å². The monoisotopic (exact) mass is 349 g/mol. The summed E-state index contributed by atoms with van der Waals surface area (Å²) in [4.78, 5) is 24.1. The third-order valence-corrected chi connectivity index (χ3v) is 3.79. The summed E-state index contributed by atoms with van der Waals surface area (Å²) in [6.07, 6.45) is -0.923. The van der Waals surface area contributed by atoms with E-state index in [1.807, 2.05) is 48.5 Å². The van der Waals surface area contributed by atoms with Crippen LogP contribution in [0.15, 0.2) is 72.8 Å². The van der Waals surface area contributed by atoms with Gasteiger partial charge in [0.2, 0.25) is 0 Å². The van der Waals surface area contributed by atoms with Gasteiger partial charge in [0, 0.05) is 5.69 Å². The largest absolute Gasteiger partial charge is 0.482 e. The summed E-state index contributed by atoms with van der Waals surface area (Å²) < 4.78 is 10.4. The van der Waals surface area contributed by atoms with Crippen molar-refractivity contribution in [2.45, 2.75) is 13.0 Å². The van der Waals surface area contributed by atoms with E-state index in [4.69, 9.17) is 9.47 Å². The normalized spacial score (nSPS) is 11.6. The fraction of sp³-hybridized carbons (Fsp3) is 0.143. The first-order valence-corrected chi connectivity index (χ1v) is 8.29. The molecule has 0 bridgehead atoms. The van der Waals surface area contributed by atoms with Crippen LogP contribution in [0.2, 0.25) is 0 Å². The van der Waals surface area contributed by atoms with Crippen molar-refractivity contribution in [1.29, 1.82) is 0 Å². The highest BCUT2D eigenvalue weighted by Gasteiger charge is 2.18. The van der Waals surface area contributed by atoms with Crippen LogP contribution in [-0.2, 0) is 14.3 Å². The number of hydrogen-bond acceptors (Lipinski definition) is 4. The van der Waals surface area contributed by atoms with Crippen LogP contribution in [0.3, 0.4) is 0 Å². The molecule has 0 aromatic heterocycles. The van der Waals surface area contributed by atoms with Crippen molar-refractivity contribution in [2.75, 3.05) is 11.9 Å². The van der Waals surface area contributed by atoms with Gasteiger partial charge in [-0.3, -0.25) is 4.79 Å². The summed E-state index contributed by atoms with van der Waals surface area (Å²) in [6.45, 7) is 1.27. The Balaban J connectivity index is 1.52. The Bertz CT molecular complexity index is 908. The summed E-state index contributed by atoms with van der Waals surface area (Å²) in [5, 5.41) is 4.86. The smallest absolute Gasteiger partial charge is 0.344 e. The van der Waals surface area contributed by atoms with Crippen LogP contribution in [0, 0.1) is 0 Å². The van der Waals surface area contributed by atoms with Crippen molar-refractivity contribution in [3.05, 3.63) is 72.8 Å². The van der Waals surface area contributed by atoms with Gasteiger partial charge in [-0.1, -0.05) is 48.5 Å². The lowest BCUT2D eigenvalue weighted by atomic mass is 10.1. The molecule has 5 nitrogen and oxygen atoms in total. The van der Waals surface area contributed by atoms with Gasteiger partial charge in [0.1, 0.15) is 5.75 Å². The summed E-state index contributed by atoms with van der Waals surface area (Å²) >= 11 is 0. The van der Waals surface area contributed by atoms with Crippen LogP contribution in [0.1, 0.15) is 6.92 Å². The number of fused-ring (bicyclic) bond motifs is 1. The van der Waals surface area contributed by atoms with Crippen LogP contribution in [-0.4, -0.2) is 24.6 Å². The molecule has 1 N–H and O–H groups in total. The number of benzene rings is 3. The second-order valence-electron chi connectivity index (χ2n) is 5.78. The van der Waals surface area contributed by atoms with Gasteiger partial charge in [-0.2, -0.15) is 0 Å². The molecule has 3 aromatic carbocycles. The molecule has 0 aliphatic heterocycles. The van der Waals surface area contributed by atoms with Crippen molar-refractivity contribution in [3.63, 3.8) is 0 Å². The van der Waals surface area contributed by atoms with Gasteiger partial charge in [0.15, 0.2) is 12.7 Å². The number of carbonyl (C=O) groups is 2. The predicted octanol–water partition coefficient (Wildman–Crippen LogP) is 3.79. The summed E-state index contributed by atoms with van der Waals surface area (Å²) in [7, 11) is 0. The molecule has 132 valence electrons. The van der Waals surface area contributed by atoms with Crippen molar-refractivity contribution in [1.82, 2.24) is 0 Å². The standard InChI is InChI=1S/C21H19NO4/c1-15(26-20(23)14-25-19-9-3-2-4-10-19)21(24)22-18-12-11-16-7-5-6-8-17(16)13-18/h2-13,15H,14H2,1H3,(H,22,24)/t15-/m0/s1. The third kappa shape index (κ3) is 4.60. The summed E-state index contributed by atoms with van der Waals surface area (Å²) in [6, 6.07) is 22.4. The number of ether oxygens (including phenoxy) is 2. The van der Waals surface area contributed by atoms with Crippen LogP contribution < -0.4 is 10.1 Å². The van der Waals surface area contributed by atoms with E-state index in [1.165, 1.54) is 6.92 Å². The molecule has 5 heteroatoms. The molecule has 26 heavy (non-hydrogen) atoms. The Morgan fingerprint density at radius 1 is 0.923 bits per heavy atom. The van der Waals surface area contributed by atoms with Gasteiger partial charge in [0.05, 0.1) is 0 Å². The molecule has 1 amide bonds. The number of para-hydroxylation sites is 1. The Morgan fingerprint density at radius 3 is 2.38 bits per heavy atom. The van der Waals surface area contributed by atoms with Crippen molar-refractivity contribution in [2.24, 2.45) is 0 Å². The fourth-order valence-electron chi connectivity index (χ4n) is 2.45. The highest BCUT2D eigenvalue weighted by Crippen LogP contribution is 2.19. The summed E-state index contributed by atoms with van der Waals surface area (Å²) in [5.41, 5.74) is 0.650. The molecule has 3 aromatic rings. The van der Waals surface area contributed by atoms with Crippen LogP contribution >= 0.6 is 0 Å². The molecular formula is C21H19NO4. The second kappa shape index (κ2) is 8.16. The lowest BCUT2D eigenvalue weighted by molar-refractivity contribution is -0.155. The van der Waals surface area contributed by atoms with Gasteiger partial charge in [-0.15, -0.1) is 0 Å². The second-order valence-corrected chi connectivity index (χ2v) is 5.78. The van der Waals surface area contributed by atoms with Gasteiger partial charge in [-0.25, -0.2) is 4.79 Å². The molecule has 3 rings (SSSR count). The molecule has 1 atom stereocenters. The molecule has 0 heterocycles. The van der Waals surface area contributed by atoms with E-state index in [0.29, 0.717) is 11.4 Å². The van der Waals surface area contributed by atoms with Crippen molar-refractivity contribution in [3.8, 4) is 5.75 Å². The average molecular weight is 349 g/mol. The summed E-state index contributed by atoms with van der Waals surface area (Å²) in [5.74, 6) is -0.430. The number of rotatable bonds is 6. The minimum Gasteiger partial charge on any atom is -0.482 e. The lowest BCUT2D eigenvalue weighted by Gasteiger charge is -2.14. The zero-order valence-electron chi connectivity index (χ0n) is 14.3. The van der Waals surface area contributed by atoms with Crippen LogP contribution in [0.25, 0.3) is 10.8 Å². The third-order valence-electron chi connectivity index (χ3n) is 3.79. The Labute approximate surface area is 151 Å². The highest BCUT2D eigenvalue weighted by molar-refractivity contribution is 5.97. The zero-order chi connectivity index (χ0) is 18.4. The van der Waals surface area contributed by atoms with E-state index in [2.05, 4.69) is 5.32 Å². The lowest BCUT2D eigenvalue weighted by Crippen LogP contribution is -2.31. The number of nitrogens with one attached hydrogen (secondary N) is 1. The number of anilines is 1. The first-order chi connectivity index (χ1) is 12.6. The maximum Gasteiger partial charge on any atom is 0.344 e. The first-order valence-electron chi connectivity index (χ1n) is 8.29. The van der Waals surface area contributed by atoms with Crippen LogP contribution in [0.4, 0.5) is 5.69 Å². The van der Waals surface area contributed by atoms with Gasteiger partial charge < -0.3 is 14.8 Å². The highest BCUT2D eigenvalue weighted by atomic mass is 16.6. The maximum atomic E-state index is 12.2. The molecular weight excluding hydrogens is 330 g/mol. The minimum atomic E-state index is -0.923. The van der Waals surface area contributed by atoms with E-state index in [1.54, 1.807) is 24.3 Å². The van der Waals surface area contributed by atoms with Gasteiger partial charge in [0.25, 0.3) is 5.91 Å². The Morgan fingerprint density at radius 2 is 1.62 bits per heavy atom. The van der Waals surface area contributed by atoms with E-state index in [9.17, 15) is 9.59 Å². The topological polar surface area (TPSA) is 64.6 Å². The first kappa shape index (κ1) is 17.5. The minimum absolute atomic E-state index is 0.252. The quantitative estimate of drug-likeness (QED) is 0.688. The molecule has 0 aliphatic carbocycles. The molecule has 0 unspecified atom stereocenters. The Kier molecular flexibility index (Phi) is 5.49. The van der Waals surface area contributed by atoms with E-state index in [0.717, 1.165) is 10.8 Å². The average Bonchev–Trinajstić information content (AvgIpc) is 2.67. The Hall–Kier alpha value is -3.34. The molecule has 0 aliphatic rings. The van der Waals surface area contributed by atoms with Gasteiger partial charge >= 0.3 is 5.97 Å². The number of amides is 1. The maximum absolute atomic E-state index is 12.2. The molecule has 0 saturated carbocycles.